The van der Waals surface area contributed by atoms with Crippen molar-refractivity contribution < 1.29 is 18.7 Å². The van der Waals surface area contributed by atoms with Crippen LogP contribution in [-0.2, 0) is 0 Å². The molecular weight excluding hydrogens is 225 g/mol. The molecule has 0 saturated heterocycles. The van der Waals surface area contributed by atoms with Gasteiger partial charge < -0.3 is 5.11 Å². The van der Waals surface area contributed by atoms with Crippen LogP contribution in [0.4, 0.5) is 8.78 Å². The molecule has 0 amide bonds. The van der Waals surface area contributed by atoms with Gasteiger partial charge in [0.05, 0.1) is 5.02 Å². The van der Waals surface area contributed by atoms with Crippen LogP contribution in [-0.4, -0.2) is 11.1 Å². The Morgan fingerprint density at radius 2 is 1.92 bits per heavy atom. The van der Waals surface area contributed by atoms with Gasteiger partial charge in [-0.25, -0.2) is 13.6 Å². The number of benzene rings is 1. The second kappa shape index (κ2) is 3.47. The highest BCUT2D eigenvalue weighted by atomic mass is 35.5. The summed E-state index contributed by atoms with van der Waals surface area (Å²) in [6.07, 6.45) is 0. The fourth-order valence-corrected chi connectivity index (χ4v) is 1.17. The second-order valence-electron chi connectivity index (χ2n) is 2.15. The predicted molar refractivity (Wildman–Crippen MR) is 43.3 cm³/mol. The molecule has 0 atom stereocenters. The summed E-state index contributed by atoms with van der Waals surface area (Å²) in [5.41, 5.74) is -0.826. The van der Waals surface area contributed by atoms with Crippen molar-refractivity contribution in [2.24, 2.45) is 0 Å². The molecule has 0 bridgehead atoms. The third-order valence-electron chi connectivity index (χ3n) is 1.33. The van der Waals surface area contributed by atoms with E-state index in [1.165, 1.54) is 0 Å². The maximum atomic E-state index is 12.9. The first kappa shape index (κ1) is 10.2. The summed E-state index contributed by atoms with van der Waals surface area (Å²) in [4.78, 5) is 10.4. The number of carbonyl (C=O) groups is 1. The maximum Gasteiger partial charge on any atom is 0.340 e. The smallest absolute Gasteiger partial charge is 0.340 e. The summed E-state index contributed by atoms with van der Waals surface area (Å²) in [6.45, 7) is 0. The number of carboxylic acids is 1. The van der Waals surface area contributed by atoms with Gasteiger partial charge >= 0.3 is 5.97 Å². The number of carboxylic acid groups (broad SMARTS) is 1. The van der Waals surface area contributed by atoms with Gasteiger partial charge in [-0.15, -0.1) is 0 Å². The molecule has 6 heteroatoms. The monoisotopic (exact) mass is 226 g/mol. The van der Waals surface area contributed by atoms with E-state index in [9.17, 15) is 13.6 Å². The van der Waals surface area contributed by atoms with Gasteiger partial charge in [-0.3, -0.25) is 0 Å². The van der Waals surface area contributed by atoms with E-state index in [0.29, 0.717) is 6.07 Å². The van der Waals surface area contributed by atoms with E-state index in [-0.39, 0.29) is 0 Å². The minimum atomic E-state index is -1.59. The Balaban J connectivity index is 3.53. The summed E-state index contributed by atoms with van der Waals surface area (Å²) in [5, 5.41) is 7.06. The number of halogens is 4. The zero-order valence-corrected chi connectivity index (χ0v) is 7.46. The van der Waals surface area contributed by atoms with Gasteiger partial charge in [0, 0.05) is 0 Å². The van der Waals surface area contributed by atoms with Crippen molar-refractivity contribution in [1.82, 2.24) is 0 Å². The van der Waals surface area contributed by atoms with Gasteiger partial charge in [-0.1, -0.05) is 23.2 Å². The van der Waals surface area contributed by atoms with Crippen molar-refractivity contribution in [3.8, 4) is 0 Å². The van der Waals surface area contributed by atoms with E-state index in [1.54, 1.807) is 0 Å². The van der Waals surface area contributed by atoms with Crippen molar-refractivity contribution in [2.75, 3.05) is 0 Å². The normalized spacial score (nSPS) is 10.2. The van der Waals surface area contributed by atoms with Crippen LogP contribution in [0.1, 0.15) is 10.4 Å². The number of rotatable bonds is 1. The van der Waals surface area contributed by atoms with Crippen LogP contribution < -0.4 is 0 Å². The van der Waals surface area contributed by atoms with Crippen molar-refractivity contribution in [3.63, 3.8) is 0 Å². The van der Waals surface area contributed by atoms with Crippen LogP contribution in [0, 0.1) is 11.6 Å². The Labute approximate surface area is 81.7 Å². The Kier molecular flexibility index (Phi) is 2.73. The van der Waals surface area contributed by atoms with E-state index in [4.69, 9.17) is 28.3 Å². The van der Waals surface area contributed by atoms with E-state index in [2.05, 4.69) is 0 Å². The van der Waals surface area contributed by atoms with Crippen LogP contribution in [0.25, 0.3) is 0 Å². The molecule has 0 aliphatic carbocycles. The molecule has 0 radical (unpaired) electrons. The molecule has 0 aliphatic heterocycles. The van der Waals surface area contributed by atoms with E-state index < -0.39 is 33.2 Å². The first-order valence-electron chi connectivity index (χ1n) is 3.01. The van der Waals surface area contributed by atoms with Gasteiger partial charge in [0.25, 0.3) is 0 Å². The molecule has 0 fully saturated rings. The first-order chi connectivity index (χ1) is 5.95. The molecule has 0 spiro atoms. The molecule has 13 heavy (non-hydrogen) atoms. The number of hydrogen-bond acceptors (Lipinski definition) is 1. The van der Waals surface area contributed by atoms with E-state index >= 15 is 0 Å². The van der Waals surface area contributed by atoms with Gasteiger partial charge in [-0.2, -0.15) is 0 Å². The SMILES string of the molecule is O=C(O)c1c(Cl)cc(F)c(Cl)c1F. The summed E-state index contributed by atoms with van der Waals surface area (Å²) in [7, 11) is 0. The summed E-state index contributed by atoms with van der Waals surface area (Å²) >= 11 is 10.4. The van der Waals surface area contributed by atoms with Crippen LogP contribution in [0.2, 0.25) is 10.0 Å². The van der Waals surface area contributed by atoms with Crippen molar-refractivity contribution in [2.45, 2.75) is 0 Å². The quantitative estimate of drug-likeness (QED) is 0.591. The molecule has 0 heterocycles. The lowest BCUT2D eigenvalue weighted by Gasteiger charge is -2.02. The van der Waals surface area contributed by atoms with Crippen LogP contribution >= 0.6 is 23.2 Å². The van der Waals surface area contributed by atoms with E-state index in [0.717, 1.165) is 0 Å². The Morgan fingerprint density at radius 1 is 1.38 bits per heavy atom. The molecular formula is C7H2Cl2F2O2. The van der Waals surface area contributed by atoms with Crippen molar-refractivity contribution in [1.29, 1.82) is 0 Å². The summed E-state index contributed by atoms with van der Waals surface area (Å²) in [5.74, 6) is -4.04. The molecule has 2 nitrogen and oxygen atoms in total. The third-order valence-corrected chi connectivity index (χ3v) is 1.97. The highest BCUT2D eigenvalue weighted by Gasteiger charge is 2.21. The van der Waals surface area contributed by atoms with Crippen LogP contribution in [0.3, 0.4) is 0 Å². The van der Waals surface area contributed by atoms with Gasteiger partial charge in [-0.05, 0) is 6.07 Å². The molecule has 0 saturated carbocycles. The molecule has 70 valence electrons. The zero-order chi connectivity index (χ0) is 10.2. The largest absolute Gasteiger partial charge is 0.478 e. The average molecular weight is 227 g/mol. The fraction of sp³-hybridized carbons (Fsp3) is 0. The van der Waals surface area contributed by atoms with Crippen molar-refractivity contribution in [3.05, 3.63) is 33.3 Å². The van der Waals surface area contributed by atoms with Gasteiger partial charge in [0.1, 0.15) is 16.4 Å². The number of aromatic carboxylic acids is 1. The molecule has 1 aromatic carbocycles. The predicted octanol–water partition coefficient (Wildman–Crippen LogP) is 2.97. The highest BCUT2D eigenvalue weighted by molar-refractivity contribution is 6.35. The number of hydrogen-bond donors (Lipinski definition) is 1. The van der Waals surface area contributed by atoms with E-state index in [1.807, 2.05) is 0 Å². The summed E-state index contributed by atoms with van der Waals surface area (Å²) in [6, 6.07) is 0.649. The van der Waals surface area contributed by atoms with Gasteiger partial charge in [0.15, 0.2) is 5.82 Å². The molecule has 1 rings (SSSR count). The lowest BCUT2D eigenvalue weighted by Crippen LogP contribution is -2.03. The summed E-state index contributed by atoms with van der Waals surface area (Å²) < 4.78 is 25.6. The van der Waals surface area contributed by atoms with Gasteiger partial charge in [0.2, 0.25) is 0 Å². The average Bonchev–Trinajstić information content (AvgIpc) is 1.99. The molecule has 0 aliphatic rings. The standard InChI is InChI=1S/C7H2Cl2F2O2/c8-2-1-3(10)5(9)6(11)4(2)7(12)13/h1H,(H,12,13). The second-order valence-corrected chi connectivity index (χ2v) is 2.93. The van der Waals surface area contributed by atoms with Crippen LogP contribution in [0.15, 0.2) is 6.07 Å². The van der Waals surface area contributed by atoms with Crippen molar-refractivity contribution >= 4 is 29.2 Å². The Bertz CT molecular complexity index is 379. The topological polar surface area (TPSA) is 37.3 Å². The lowest BCUT2D eigenvalue weighted by atomic mass is 10.2. The first-order valence-corrected chi connectivity index (χ1v) is 3.77. The maximum absolute atomic E-state index is 12.9. The molecule has 0 unspecified atom stereocenters. The minimum Gasteiger partial charge on any atom is -0.478 e. The minimum absolute atomic E-state index is 0.521. The molecule has 1 aromatic rings. The Morgan fingerprint density at radius 3 is 2.38 bits per heavy atom. The van der Waals surface area contributed by atoms with Crippen LogP contribution in [0.5, 0.6) is 0 Å². The third kappa shape index (κ3) is 1.73. The zero-order valence-electron chi connectivity index (χ0n) is 5.94. The highest BCUT2D eigenvalue weighted by Crippen LogP contribution is 2.28. The molecule has 0 aromatic heterocycles. The molecule has 1 N–H and O–H groups in total. The lowest BCUT2D eigenvalue weighted by molar-refractivity contribution is 0.0692. The Hall–Kier alpha value is -0.870. The fourth-order valence-electron chi connectivity index (χ4n) is 0.762.